The van der Waals surface area contributed by atoms with Crippen LogP contribution in [0, 0.1) is 34.0 Å². The molecule has 0 aliphatic heterocycles. The first kappa shape index (κ1) is 27.4. The van der Waals surface area contributed by atoms with Crippen LogP contribution in [0.3, 0.4) is 0 Å². The van der Waals surface area contributed by atoms with Crippen molar-refractivity contribution >= 4 is 23.9 Å². The number of rotatable bonds is 6. The first-order valence-corrected chi connectivity index (χ1v) is 13.5. The Hall–Kier alpha value is -2.64. The maximum atomic E-state index is 13.9. The van der Waals surface area contributed by atoms with E-state index in [1.165, 1.54) is 5.57 Å². The van der Waals surface area contributed by atoms with Crippen LogP contribution in [-0.2, 0) is 28.5 Å². The average Bonchev–Trinajstić information content (AvgIpc) is 3.11. The summed E-state index contributed by atoms with van der Waals surface area (Å²) >= 11 is 0. The highest BCUT2D eigenvalue weighted by Crippen LogP contribution is 2.73. The molecule has 0 N–H and O–H groups in total. The van der Waals surface area contributed by atoms with Crippen LogP contribution in [0.1, 0.15) is 73.6 Å². The molecule has 0 spiro atoms. The van der Waals surface area contributed by atoms with Crippen molar-refractivity contribution in [3.63, 3.8) is 0 Å². The molecule has 0 amide bonds. The van der Waals surface area contributed by atoms with E-state index in [9.17, 15) is 19.2 Å². The third kappa shape index (κ3) is 4.11. The van der Waals surface area contributed by atoms with Crippen molar-refractivity contribution in [1.29, 1.82) is 0 Å². The van der Waals surface area contributed by atoms with E-state index >= 15 is 0 Å². The van der Waals surface area contributed by atoms with Gasteiger partial charge in [-0.25, -0.2) is 9.59 Å². The van der Waals surface area contributed by atoms with Gasteiger partial charge < -0.3 is 18.9 Å². The second-order valence-electron chi connectivity index (χ2n) is 11.9. The van der Waals surface area contributed by atoms with Crippen LogP contribution in [0.5, 0.6) is 0 Å². The van der Waals surface area contributed by atoms with Crippen LogP contribution >= 0.6 is 0 Å². The van der Waals surface area contributed by atoms with Gasteiger partial charge in [-0.3, -0.25) is 9.59 Å². The normalized spacial score (nSPS) is 40.0. The van der Waals surface area contributed by atoms with Gasteiger partial charge in [0, 0.05) is 10.8 Å². The standard InChI is InChI=1S/C29H40O8/c1-7-34-24(32)36-17-22(31)29(37-25(33)35-8-2)14-11-21-27(5)12-9-19-15-20(30)10-13-26(19,4)23(27)18(3)16-28(21,29)6/h10,13,15,18,21,23H,7-9,11-12,14,16-17H2,1-6H3/t18-,21-,23+,26-,27-,28-,29-/m0/s1. The number of fused-ring (bicyclic) bond motifs is 5. The highest BCUT2D eigenvalue weighted by atomic mass is 16.7. The minimum Gasteiger partial charge on any atom is -0.435 e. The van der Waals surface area contributed by atoms with Crippen LogP contribution in [-0.4, -0.2) is 49.3 Å². The van der Waals surface area contributed by atoms with Gasteiger partial charge in [-0.15, -0.1) is 0 Å². The van der Waals surface area contributed by atoms with Gasteiger partial charge in [0.1, 0.15) is 0 Å². The molecule has 0 heterocycles. The van der Waals surface area contributed by atoms with Crippen molar-refractivity contribution < 1.29 is 38.1 Å². The Kier molecular flexibility index (Phi) is 7.10. The second-order valence-corrected chi connectivity index (χ2v) is 11.9. The number of carbonyl (C=O) groups excluding carboxylic acids is 4. The molecule has 4 aliphatic rings. The van der Waals surface area contributed by atoms with Crippen molar-refractivity contribution in [2.45, 2.75) is 79.2 Å². The molecule has 0 aromatic rings. The van der Waals surface area contributed by atoms with Gasteiger partial charge in [0.05, 0.1) is 13.2 Å². The highest BCUT2D eigenvalue weighted by Gasteiger charge is 2.73. The number of allylic oxidation sites excluding steroid dienone is 4. The van der Waals surface area contributed by atoms with Gasteiger partial charge in [-0.2, -0.15) is 0 Å². The molecule has 8 nitrogen and oxygen atoms in total. The third-order valence-corrected chi connectivity index (χ3v) is 10.0. The lowest BCUT2D eigenvalue weighted by molar-refractivity contribution is -0.190. The summed E-state index contributed by atoms with van der Waals surface area (Å²) in [4.78, 5) is 50.6. The quantitative estimate of drug-likeness (QED) is 0.421. The lowest BCUT2D eigenvalue weighted by Gasteiger charge is -2.65. The Bertz CT molecular complexity index is 1040. The fourth-order valence-electron chi connectivity index (χ4n) is 9.02. The largest absolute Gasteiger partial charge is 0.509 e. The molecule has 37 heavy (non-hydrogen) atoms. The van der Waals surface area contributed by atoms with Crippen LogP contribution in [0.2, 0.25) is 0 Å². The maximum absolute atomic E-state index is 13.9. The number of Topliss-reactive ketones (excluding diaryl/α,β-unsaturated/α-hetero) is 1. The molecule has 0 bridgehead atoms. The molecule has 4 aliphatic carbocycles. The van der Waals surface area contributed by atoms with E-state index in [1.54, 1.807) is 26.0 Å². The first-order valence-electron chi connectivity index (χ1n) is 13.5. The summed E-state index contributed by atoms with van der Waals surface area (Å²) in [6, 6.07) is 0. The van der Waals surface area contributed by atoms with Crippen molar-refractivity contribution in [1.82, 2.24) is 0 Å². The van der Waals surface area contributed by atoms with Gasteiger partial charge in [0.2, 0.25) is 5.78 Å². The van der Waals surface area contributed by atoms with Crippen LogP contribution in [0.15, 0.2) is 23.8 Å². The molecule has 0 unspecified atom stereocenters. The Morgan fingerprint density at radius 1 is 1.00 bits per heavy atom. The van der Waals surface area contributed by atoms with Crippen molar-refractivity contribution in [3.8, 4) is 0 Å². The molecule has 0 radical (unpaired) electrons. The Morgan fingerprint density at radius 3 is 2.35 bits per heavy atom. The minimum absolute atomic E-state index is 0.0410. The van der Waals surface area contributed by atoms with Gasteiger partial charge in [0.25, 0.3) is 0 Å². The monoisotopic (exact) mass is 516 g/mol. The SMILES string of the molecule is CCOC(=O)OCC(=O)[C@@]1(OC(=O)OCC)CC[C@H]2[C@]3(C)CCC4=CC(=O)C=C[C@]4(C)[C@H]3[C@@H](C)C[C@@]21C. The molecule has 0 saturated heterocycles. The van der Waals surface area contributed by atoms with E-state index < -0.39 is 35.7 Å². The molecule has 0 aromatic carbocycles. The Morgan fingerprint density at radius 2 is 1.68 bits per heavy atom. The van der Waals surface area contributed by atoms with Crippen LogP contribution < -0.4 is 0 Å². The smallest absolute Gasteiger partial charge is 0.435 e. The molecular formula is C29H40O8. The number of ether oxygens (including phenoxy) is 4. The zero-order valence-electron chi connectivity index (χ0n) is 22.9. The third-order valence-electron chi connectivity index (χ3n) is 10.0. The summed E-state index contributed by atoms with van der Waals surface area (Å²) in [6.07, 6.45) is 7.13. The fourth-order valence-corrected chi connectivity index (χ4v) is 9.02. The number of hydrogen-bond acceptors (Lipinski definition) is 8. The van der Waals surface area contributed by atoms with Crippen molar-refractivity contribution in [2.24, 2.45) is 34.0 Å². The van der Waals surface area contributed by atoms with E-state index in [4.69, 9.17) is 18.9 Å². The predicted octanol–water partition coefficient (Wildman–Crippen LogP) is 5.58. The molecule has 204 valence electrons. The predicted molar refractivity (Wildman–Crippen MR) is 135 cm³/mol. The molecular weight excluding hydrogens is 476 g/mol. The number of hydrogen-bond donors (Lipinski definition) is 0. The lowest BCUT2D eigenvalue weighted by atomic mass is 9.39. The first-order chi connectivity index (χ1) is 17.4. The molecule has 0 aromatic heterocycles. The minimum atomic E-state index is -1.48. The molecule has 3 saturated carbocycles. The second kappa shape index (κ2) is 9.59. The fraction of sp³-hybridized carbons (Fsp3) is 0.724. The summed E-state index contributed by atoms with van der Waals surface area (Å²) in [7, 11) is 0. The molecule has 4 rings (SSSR count). The van der Waals surface area contributed by atoms with Gasteiger partial charge in [0.15, 0.2) is 18.0 Å². The van der Waals surface area contributed by atoms with E-state index in [-0.39, 0.29) is 47.6 Å². The Balaban J connectivity index is 1.73. The van der Waals surface area contributed by atoms with Gasteiger partial charge in [-0.1, -0.05) is 39.3 Å². The maximum Gasteiger partial charge on any atom is 0.509 e. The Labute approximate surface area is 219 Å². The van der Waals surface area contributed by atoms with Crippen molar-refractivity contribution in [3.05, 3.63) is 23.8 Å². The number of ketones is 2. The van der Waals surface area contributed by atoms with Crippen LogP contribution in [0.4, 0.5) is 9.59 Å². The topological polar surface area (TPSA) is 105 Å². The zero-order chi connectivity index (χ0) is 27.2. The van der Waals surface area contributed by atoms with Crippen LogP contribution in [0.25, 0.3) is 0 Å². The van der Waals surface area contributed by atoms with Gasteiger partial charge in [-0.05, 0) is 81.3 Å². The lowest BCUT2D eigenvalue weighted by Crippen LogP contribution is -2.64. The number of carbonyl (C=O) groups is 4. The summed E-state index contributed by atoms with van der Waals surface area (Å²) < 4.78 is 21.0. The highest BCUT2D eigenvalue weighted by molar-refractivity contribution is 6.01. The zero-order valence-corrected chi connectivity index (χ0v) is 22.9. The summed E-state index contributed by atoms with van der Waals surface area (Å²) in [5.74, 6) is 0.0936. The van der Waals surface area contributed by atoms with Gasteiger partial charge >= 0.3 is 12.3 Å². The molecule has 8 heteroatoms. The molecule has 3 fully saturated rings. The van der Waals surface area contributed by atoms with E-state index in [2.05, 4.69) is 33.8 Å². The van der Waals surface area contributed by atoms with E-state index in [0.29, 0.717) is 19.3 Å². The summed E-state index contributed by atoms with van der Waals surface area (Å²) in [5, 5.41) is 0. The van der Waals surface area contributed by atoms with E-state index in [1.807, 2.05) is 0 Å². The van der Waals surface area contributed by atoms with E-state index in [0.717, 1.165) is 12.8 Å². The van der Waals surface area contributed by atoms with Crippen molar-refractivity contribution in [2.75, 3.05) is 19.8 Å². The average molecular weight is 517 g/mol. The summed E-state index contributed by atoms with van der Waals surface area (Å²) in [6.45, 7) is 11.9. The molecule has 7 atom stereocenters. The summed E-state index contributed by atoms with van der Waals surface area (Å²) in [5.41, 5.74) is -1.39.